The van der Waals surface area contributed by atoms with Crippen LogP contribution in [0.15, 0.2) is 34.2 Å². The van der Waals surface area contributed by atoms with Gasteiger partial charge in [-0.15, -0.1) is 0 Å². The number of esters is 2. The first kappa shape index (κ1) is 28.0. The summed E-state index contributed by atoms with van der Waals surface area (Å²) in [6.07, 6.45) is 3.10. The van der Waals surface area contributed by atoms with Crippen LogP contribution in [0.2, 0.25) is 0 Å². The van der Waals surface area contributed by atoms with Crippen LogP contribution in [0.4, 0.5) is 0 Å². The predicted molar refractivity (Wildman–Crippen MR) is 145 cm³/mol. The van der Waals surface area contributed by atoms with Gasteiger partial charge in [-0.25, -0.2) is 0 Å². The van der Waals surface area contributed by atoms with Gasteiger partial charge in [0.25, 0.3) is 0 Å². The quantitative estimate of drug-likeness (QED) is 0.394. The molecule has 1 aromatic rings. The highest BCUT2D eigenvalue weighted by atomic mass is 16.6. The van der Waals surface area contributed by atoms with Gasteiger partial charge in [-0.1, -0.05) is 40.2 Å². The molecule has 4 fully saturated rings. The van der Waals surface area contributed by atoms with Crippen molar-refractivity contribution < 1.29 is 38.1 Å². The number of carbonyl (C=O) groups is 2. The molecule has 2 aliphatic heterocycles. The summed E-state index contributed by atoms with van der Waals surface area (Å²) in [7, 11) is 1.42. The maximum absolute atomic E-state index is 13.2. The maximum Gasteiger partial charge on any atom is 0.306 e. The van der Waals surface area contributed by atoms with E-state index in [1.54, 1.807) is 12.5 Å². The van der Waals surface area contributed by atoms with Crippen LogP contribution < -0.4 is 0 Å². The fourth-order valence-electron chi connectivity index (χ4n) is 9.86. The number of fused-ring (bicyclic) bond motifs is 4. The Hall–Kier alpha value is -2.16. The van der Waals surface area contributed by atoms with Gasteiger partial charge in [0, 0.05) is 47.3 Å². The molecule has 220 valence electrons. The van der Waals surface area contributed by atoms with E-state index >= 15 is 0 Å². The highest BCUT2D eigenvalue weighted by Gasteiger charge is 2.78. The second-order valence-corrected chi connectivity index (χ2v) is 14.1. The van der Waals surface area contributed by atoms with Gasteiger partial charge < -0.3 is 28.5 Å². The van der Waals surface area contributed by atoms with E-state index in [1.807, 2.05) is 19.9 Å². The summed E-state index contributed by atoms with van der Waals surface area (Å²) in [5.74, 6) is -0.678. The van der Waals surface area contributed by atoms with Crippen LogP contribution in [0, 0.1) is 34.0 Å². The molecule has 0 amide bonds. The molecular formula is C32H44O8. The molecular weight excluding hydrogens is 512 g/mol. The highest BCUT2D eigenvalue weighted by molar-refractivity contribution is 5.71. The van der Waals surface area contributed by atoms with Gasteiger partial charge >= 0.3 is 11.9 Å². The van der Waals surface area contributed by atoms with Gasteiger partial charge in [0.1, 0.15) is 6.10 Å². The number of allylic oxidation sites excluding steroid dienone is 1. The second-order valence-electron chi connectivity index (χ2n) is 14.1. The molecule has 3 heterocycles. The molecule has 0 bridgehead atoms. The van der Waals surface area contributed by atoms with Crippen LogP contribution in [0.25, 0.3) is 0 Å². The molecule has 0 aromatic carbocycles. The number of aliphatic hydroxyl groups excluding tert-OH is 1. The Bertz CT molecular complexity index is 1200. The first-order valence-corrected chi connectivity index (χ1v) is 14.8. The molecule has 2 saturated heterocycles. The van der Waals surface area contributed by atoms with Crippen LogP contribution in [-0.4, -0.2) is 61.3 Å². The molecule has 1 unspecified atom stereocenters. The fourth-order valence-corrected chi connectivity index (χ4v) is 9.86. The van der Waals surface area contributed by atoms with Crippen LogP contribution in [0.5, 0.6) is 0 Å². The van der Waals surface area contributed by atoms with Crippen molar-refractivity contribution in [3.05, 3.63) is 35.3 Å². The summed E-state index contributed by atoms with van der Waals surface area (Å²) in [6.45, 7) is 13.0. The van der Waals surface area contributed by atoms with Crippen molar-refractivity contribution in [3.63, 3.8) is 0 Å². The first-order chi connectivity index (χ1) is 18.9. The van der Waals surface area contributed by atoms with E-state index in [0.29, 0.717) is 19.4 Å². The molecule has 1 N–H and O–H groups in total. The van der Waals surface area contributed by atoms with E-state index in [2.05, 4.69) is 27.7 Å². The number of ether oxygens (including phenoxy) is 4. The average molecular weight is 557 g/mol. The molecule has 0 spiro atoms. The topological polar surface area (TPSA) is 104 Å². The third-order valence-corrected chi connectivity index (χ3v) is 11.6. The molecule has 3 aliphatic carbocycles. The Kier molecular flexibility index (Phi) is 6.60. The zero-order chi connectivity index (χ0) is 28.8. The van der Waals surface area contributed by atoms with Gasteiger partial charge in [-0.3, -0.25) is 9.59 Å². The second kappa shape index (κ2) is 9.43. The van der Waals surface area contributed by atoms with E-state index in [0.717, 1.165) is 12.0 Å². The lowest BCUT2D eigenvalue weighted by Gasteiger charge is -2.65. The minimum Gasteiger partial charge on any atom is -0.472 e. The molecule has 2 saturated carbocycles. The molecule has 11 atom stereocenters. The number of aliphatic hydroxyl groups is 1. The van der Waals surface area contributed by atoms with E-state index < -0.39 is 28.5 Å². The van der Waals surface area contributed by atoms with Crippen molar-refractivity contribution in [2.75, 3.05) is 13.7 Å². The summed E-state index contributed by atoms with van der Waals surface area (Å²) in [6, 6.07) is 2.01. The van der Waals surface area contributed by atoms with Gasteiger partial charge in [0.2, 0.25) is 0 Å². The Morgan fingerprint density at radius 3 is 2.58 bits per heavy atom. The lowest BCUT2D eigenvalue weighted by molar-refractivity contribution is -0.249. The Morgan fingerprint density at radius 1 is 1.18 bits per heavy atom. The van der Waals surface area contributed by atoms with E-state index in [-0.39, 0.29) is 60.3 Å². The summed E-state index contributed by atoms with van der Waals surface area (Å²) >= 11 is 0. The van der Waals surface area contributed by atoms with E-state index in [4.69, 9.17) is 23.4 Å². The van der Waals surface area contributed by atoms with Crippen molar-refractivity contribution >= 4 is 11.9 Å². The van der Waals surface area contributed by atoms with Gasteiger partial charge in [-0.2, -0.15) is 0 Å². The minimum absolute atomic E-state index is 0.110. The summed E-state index contributed by atoms with van der Waals surface area (Å²) in [4.78, 5) is 26.3. The van der Waals surface area contributed by atoms with Crippen molar-refractivity contribution in [2.45, 2.75) is 104 Å². The molecule has 6 rings (SSSR count). The first-order valence-electron chi connectivity index (χ1n) is 14.8. The van der Waals surface area contributed by atoms with Crippen LogP contribution >= 0.6 is 0 Å². The van der Waals surface area contributed by atoms with Crippen LogP contribution in [0.1, 0.15) is 78.7 Å². The summed E-state index contributed by atoms with van der Waals surface area (Å²) < 4.78 is 30.6. The van der Waals surface area contributed by atoms with E-state index in [1.165, 1.54) is 18.3 Å². The molecule has 0 radical (unpaired) electrons. The molecule has 8 heteroatoms. The lowest BCUT2D eigenvalue weighted by atomic mass is 9.40. The average Bonchev–Trinajstić information content (AvgIpc) is 3.65. The van der Waals surface area contributed by atoms with Crippen molar-refractivity contribution in [1.29, 1.82) is 0 Å². The normalized spacial score (nSPS) is 45.3. The zero-order valence-corrected chi connectivity index (χ0v) is 24.8. The number of methoxy groups -OCH3 is 1. The summed E-state index contributed by atoms with van der Waals surface area (Å²) in [5, 5.41) is 11.5. The smallest absolute Gasteiger partial charge is 0.306 e. The van der Waals surface area contributed by atoms with Crippen LogP contribution in [-0.2, 0) is 28.5 Å². The maximum atomic E-state index is 13.2. The third-order valence-electron chi connectivity index (χ3n) is 11.6. The Balaban J connectivity index is 1.52. The van der Waals surface area contributed by atoms with Gasteiger partial charge in [0.05, 0.1) is 50.7 Å². The number of carbonyl (C=O) groups excluding carboxylic acids is 2. The van der Waals surface area contributed by atoms with Crippen molar-refractivity contribution in [1.82, 2.24) is 0 Å². The highest BCUT2D eigenvalue weighted by Crippen LogP contribution is 2.73. The van der Waals surface area contributed by atoms with Crippen LogP contribution in [0.3, 0.4) is 0 Å². The van der Waals surface area contributed by atoms with Gasteiger partial charge in [-0.05, 0) is 42.4 Å². The largest absolute Gasteiger partial charge is 0.472 e. The van der Waals surface area contributed by atoms with Crippen molar-refractivity contribution in [3.8, 4) is 0 Å². The van der Waals surface area contributed by atoms with Gasteiger partial charge in [0.15, 0.2) is 0 Å². The standard InChI is InChI=1S/C32H44O8/c1-16(2)10-25(35)40-23-13-22(33)30(4)15-38-27-28(30)31(23,5)21(12-24(34)36-7)32(6)26-17(3)19(18-8-9-37-14-18)11-20(26)39-29(27)32/h8-9,14,16,19-23,27-29,33H,10-13,15H2,1-7H3/t19?,20-,21-,22-,23+,27-,28+,29-,30-,31+,32-/m1/s1. The SMILES string of the molecule is COC(=O)C[C@H]1[C@]2(C)C3=C(C)C(c4ccoc4)C[C@H]3O[C@@H]2[C@@H]2OC[C@]3(C)[C@H](O)C[C@H](OC(=O)CC(C)C)[C@@]1(C)[C@@H]23. The predicted octanol–water partition coefficient (Wildman–Crippen LogP) is 4.80. The molecule has 40 heavy (non-hydrogen) atoms. The Morgan fingerprint density at radius 2 is 1.93 bits per heavy atom. The number of rotatable bonds is 6. The van der Waals surface area contributed by atoms with E-state index in [9.17, 15) is 14.7 Å². The molecule has 1 aromatic heterocycles. The summed E-state index contributed by atoms with van der Waals surface area (Å²) in [5.41, 5.74) is 1.82. The molecule has 5 aliphatic rings. The minimum atomic E-state index is -0.706. The fraction of sp³-hybridized carbons (Fsp3) is 0.750. The number of furan rings is 1. The zero-order valence-electron chi connectivity index (χ0n) is 24.8. The number of hydrogen-bond acceptors (Lipinski definition) is 8. The third kappa shape index (κ3) is 3.67. The lowest BCUT2D eigenvalue weighted by Crippen LogP contribution is -2.70. The Labute approximate surface area is 236 Å². The molecule has 8 nitrogen and oxygen atoms in total. The monoisotopic (exact) mass is 556 g/mol. The number of hydrogen-bond donors (Lipinski definition) is 1. The van der Waals surface area contributed by atoms with Crippen molar-refractivity contribution in [2.24, 2.45) is 34.0 Å².